The third-order valence-corrected chi connectivity index (χ3v) is 4.91. The first kappa shape index (κ1) is 27.7. The Labute approximate surface area is 209 Å². The smallest absolute Gasteiger partial charge is 0.419 e. The largest absolute Gasteiger partial charge is 0.458 e. The Morgan fingerprint density at radius 1 is 0.912 bits per heavy atom. The number of nitrogens with one attached hydrogen (secondary N) is 1. The van der Waals surface area contributed by atoms with E-state index in [1.54, 1.807) is 80.6 Å². The zero-order chi connectivity index (χ0) is 26.1. The monoisotopic (exact) mass is 538 g/mol. The maximum absolute atomic E-state index is 13.0. The van der Waals surface area contributed by atoms with Gasteiger partial charge in [0, 0.05) is 22.5 Å². The number of hydrogen-bond acceptors (Lipinski definition) is 6. The highest BCUT2D eigenvalue weighted by Crippen LogP contribution is 2.31. The van der Waals surface area contributed by atoms with E-state index >= 15 is 0 Å². The molecule has 34 heavy (non-hydrogen) atoms. The maximum atomic E-state index is 13.0. The van der Waals surface area contributed by atoms with Gasteiger partial charge < -0.3 is 19.5 Å². The van der Waals surface area contributed by atoms with Gasteiger partial charge >= 0.3 is 18.2 Å². The lowest BCUT2D eigenvalue weighted by Gasteiger charge is -2.26. The van der Waals surface area contributed by atoms with E-state index in [9.17, 15) is 14.4 Å². The number of halogens is 1. The zero-order valence-electron chi connectivity index (χ0n) is 21.4. The Morgan fingerprint density at radius 2 is 1.47 bits per heavy atom. The number of carbonyl (C=O) groups excluding carboxylic acids is 3. The SMILES string of the molecule is CC(C)(C)OC(=O)N[C@@H](Cc1cn(C(=O)OC(C)(C)C)c2cccc(Br)c12)C(=O)OC(C)(C)C. The highest BCUT2D eigenvalue weighted by Gasteiger charge is 2.31. The molecule has 0 radical (unpaired) electrons. The number of esters is 1. The van der Waals surface area contributed by atoms with E-state index in [0.717, 1.165) is 9.86 Å². The number of aromatic nitrogens is 1. The van der Waals surface area contributed by atoms with Crippen LogP contribution in [0.4, 0.5) is 9.59 Å². The fourth-order valence-electron chi connectivity index (χ4n) is 3.17. The van der Waals surface area contributed by atoms with E-state index in [1.165, 1.54) is 4.57 Å². The van der Waals surface area contributed by atoms with Gasteiger partial charge in [0.25, 0.3) is 0 Å². The number of nitrogens with zero attached hydrogens (tertiary/aromatic N) is 1. The topological polar surface area (TPSA) is 95.9 Å². The fourth-order valence-corrected chi connectivity index (χ4v) is 3.78. The number of benzene rings is 1. The first-order chi connectivity index (χ1) is 15.4. The number of alkyl carbamates (subject to hydrolysis) is 1. The molecule has 1 atom stereocenters. The minimum atomic E-state index is -1.04. The number of fused-ring (bicyclic) bond motifs is 1. The average molecular weight is 539 g/mol. The zero-order valence-corrected chi connectivity index (χ0v) is 23.0. The van der Waals surface area contributed by atoms with E-state index < -0.39 is 41.0 Å². The van der Waals surface area contributed by atoms with Crippen LogP contribution >= 0.6 is 15.9 Å². The molecular formula is C25H35BrN2O6. The summed E-state index contributed by atoms with van der Waals surface area (Å²) in [5.41, 5.74) is -0.912. The lowest BCUT2D eigenvalue weighted by atomic mass is 10.0. The summed E-state index contributed by atoms with van der Waals surface area (Å²) >= 11 is 3.54. The molecule has 2 rings (SSSR count). The van der Waals surface area contributed by atoms with Gasteiger partial charge in [0.05, 0.1) is 5.52 Å². The van der Waals surface area contributed by atoms with Crippen LogP contribution in [-0.2, 0) is 25.4 Å². The molecule has 0 saturated heterocycles. The number of amides is 1. The van der Waals surface area contributed by atoms with E-state index in [-0.39, 0.29) is 6.42 Å². The Hall–Kier alpha value is -2.55. The van der Waals surface area contributed by atoms with Crippen LogP contribution in [0.25, 0.3) is 10.9 Å². The summed E-state index contributed by atoms with van der Waals surface area (Å²) in [4.78, 5) is 38.4. The highest BCUT2D eigenvalue weighted by molar-refractivity contribution is 9.10. The predicted molar refractivity (Wildman–Crippen MR) is 134 cm³/mol. The van der Waals surface area contributed by atoms with Crippen LogP contribution in [0.5, 0.6) is 0 Å². The van der Waals surface area contributed by atoms with Crippen LogP contribution < -0.4 is 5.32 Å². The Kier molecular flexibility index (Phi) is 8.13. The molecule has 9 heteroatoms. The number of hydrogen-bond donors (Lipinski definition) is 1. The van der Waals surface area contributed by atoms with Crippen LogP contribution in [0, 0.1) is 0 Å². The molecule has 0 bridgehead atoms. The van der Waals surface area contributed by atoms with Crippen molar-refractivity contribution in [3.05, 3.63) is 34.4 Å². The van der Waals surface area contributed by atoms with Gasteiger partial charge in [-0.2, -0.15) is 0 Å². The van der Waals surface area contributed by atoms with Gasteiger partial charge in [-0.1, -0.05) is 22.0 Å². The molecular weight excluding hydrogens is 504 g/mol. The summed E-state index contributed by atoms with van der Waals surface area (Å²) in [5, 5.41) is 3.36. The van der Waals surface area contributed by atoms with Crippen molar-refractivity contribution in [2.24, 2.45) is 0 Å². The van der Waals surface area contributed by atoms with Crippen molar-refractivity contribution in [2.45, 2.75) is 91.6 Å². The van der Waals surface area contributed by atoms with Crippen molar-refractivity contribution in [1.29, 1.82) is 0 Å². The molecule has 1 aromatic carbocycles. The second kappa shape index (κ2) is 9.98. The van der Waals surface area contributed by atoms with Crippen molar-refractivity contribution in [3.8, 4) is 0 Å². The molecule has 188 valence electrons. The van der Waals surface area contributed by atoms with Crippen molar-refractivity contribution >= 4 is 45.0 Å². The van der Waals surface area contributed by atoms with E-state index in [0.29, 0.717) is 11.1 Å². The van der Waals surface area contributed by atoms with Gasteiger partial charge in [-0.25, -0.2) is 14.4 Å². The third kappa shape index (κ3) is 8.04. The van der Waals surface area contributed by atoms with Crippen molar-refractivity contribution in [3.63, 3.8) is 0 Å². The molecule has 1 heterocycles. The quantitative estimate of drug-likeness (QED) is 0.380. The predicted octanol–water partition coefficient (Wildman–Crippen LogP) is 5.96. The van der Waals surface area contributed by atoms with Gasteiger partial charge in [-0.3, -0.25) is 4.57 Å². The van der Waals surface area contributed by atoms with Crippen LogP contribution in [-0.4, -0.2) is 45.6 Å². The van der Waals surface area contributed by atoms with Crippen molar-refractivity contribution in [1.82, 2.24) is 9.88 Å². The lowest BCUT2D eigenvalue weighted by molar-refractivity contribution is -0.157. The Bertz CT molecular complexity index is 1070. The summed E-state index contributed by atoms with van der Waals surface area (Å²) in [5.74, 6) is -0.608. The molecule has 1 N–H and O–H groups in total. The van der Waals surface area contributed by atoms with Gasteiger partial charge in [0.2, 0.25) is 0 Å². The van der Waals surface area contributed by atoms with E-state index in [4.69, 9.17) is 14.2 Å². The summed E-state index contributed by atoms with van der Waals surface area (Å²) < 4.78 is 18.6. The van der Waals surface area contributed by atoms with Gasteiger partial charge in [-0.15, -0.1) is 0 Å². The average Bonchev–Trinajstić information content (AvgIpc) is 2.96. The molecule has 0 unspecified atom stereocenters. The van der Waals surface area contributed by atoms with E-state index in [1.807, 2.05) is 6.07 Å². The van der Waals surface area contributed by atoms with Crippen molar-refractivity contribution in [2.75, 3.05) is 0 Å². The minimum Gasteiger partial charge on any atom is -0.458 e. The molecule has 8 nitrogen and oxygen atoms in total. The van der Waals surface area contributed by atoms with Crippen LogP contribution in [0.2, 0.25) is 0 Å². The van der Waals surface area contributed by atoms with Gasteiger partial charge in [-0.05, 0) is 80.0 Å². The molecule has 1 amide bonds. The normalized spacial score (nSPS) is 13.4. The minimum absolute atomic E-state index is 0.0725. The number of ether oxygens (including phenoxy) is 3. The second-order valence-corrected chi connectivity index (χ2v) is 11.9. The van der Waals surface area contributed by atoms with Gasteiger partial charge in [0.15, 0.2) is 0 Å². The van der Waals surface area contributed by atoms with E-state index in [2.05, 4.69) is 21.2 Å². The molecule has 0 aliphatic carbocycles. The summed E-state index contributed by atoms with van der Waals surface area (Å²) in [7, 11) is 0. The Morgan fingerprint density at radius 3 is 2.00 bits per heavy atom. The Balaban J connectivity index is 2.49. The summed E-state index contributed by atoms with van der Waals surface area (Å²) in [6, 6.07) is 4.40. The molecule has 2 aromatic rings. The molecule has 1 aromatic heterocycles. The highest BCUT2D eigenvalue weighted by atomic mass is 79.9. The molecule has 0 aliphatic heterocycles. The van der Waals surface area contributed by atoms with Crippen molar-refractivity contribution < 1.29 is 28.6 Å². The van der Waals surface area contributed by atoms with Crippen LogP contribution in [0.1, 0.15) is 67.9 Å². The van der Waals surface area contributed by atoms with Crippen LogP contribution in [0.3, 0.4) is 0 Å². The summed E-state index contributed by atoms with van der Waals surface area (Å²) in [6.07, 6.45) is 0.412. The number of rotatable bonds is 4. The summed E-state index contributed by atoms with van der Waals surface area (Å²) in [6.45, 7) is 15.8. The maximum Gasteiger partial charge on any atom is 0.419 e. The molecule has 0 aliphatic rings. The standard InChI is InChI=1S/C25H35BrN2O6/c1-23(2,3)32-20(29)17(27-21(30)33-24(4,5)6)13-15-14-28(22(31)34-25(7,8)9)18-12-10-11-16(26)19(15)18/h10-12,14,17H,13H2,1-9H3,(H,27,30)/t17-/m0/s1. The molecule has 0 saturated carbocycles. The molecule has 0 spiro atoms. The van der Waals surface area contributed by atoms with Crippen LogP contribution in [0.15, 0.2) is 28.9 Å². The lowest BCUT2D eigenvalue weighted by Crippen LogP contribution is -2.47. The second-order valence-electron chi connectivity index (χ2n) is 11.1. The first-order valence-electron chi connectivity index (χ1n) is 11.1. The number of carbonyl (C=O) groups is 3. The molecule has 0 fully saturated rings. The van der Waals surface area contributed by atoms with Gasteiger partial charge in [0.1, 0.15) is 22.8 Å². The first-order valence-corrected chi connectivity index (χ1v) is 11.9. The fraction of sp³-hybridized carbons (Fsp3) is 0.560. The third-order valence-electron chi connectivity index (χ3n) is 4.25.